The number of hydrogen-bond donors (Lipinski definition) is 1. The summed E-state index contributed by atoms with van der Waals surface area (Å²) in [6.07, 6.45) is 0.601. The number of rotatable bonds is 3. The summed E-state index contributed by atoms with van der Waals surface area (Å²) in [4.78, 5) is 27.0. The van der Waals surface area contributed by atoms with Crippen molar-refractivity contribution in [2.24, 2.45) is 0 Å². The third-order valence-electron chi connectivity index (χ3n) is 2.76. The maximum Gasteiger partial charge on any atom is 0.337 e. The highest BCUT2D eigenvalue weighted by Crippen LogP contribution is 2.24. The fourth-order valence-electron chi connectivity index (χ4n) is 1.76. The van der Waals surface area contributed by atoms with Gasteiger partial charge in [-0.15, -0.1) is 3.89 Å². The van der Waals surface area contributed by atoms with Crippen molar-refractivity contribution >= 4 is 27.9 Å². The van der Waals surface area contributed by atoms with Gasteiger partial charge in [-0.1, -0.05) is 0 Å². The van der Waals surface area contributed by atoms with Gasteiger partial charge in [0.1, 0.15) is 11.1 Å². The molecule has 1 aromatic heterocycles. The average molecular weight is 288 g/mol. The van der Waals surface area contributed by atoms with E-state index in [0.717, 1.165) is 11.1 Å². The lowest BCUT2D eigenvalue weighted by atomic mass is 10.3. The van der Waals surface area contributed by atoms with E-state index >= 15 is 0 Å². The van der Waals surface area contributed by atoms with Gasteiger partial charge in [0.25, 0.3) is 0 Å². The van der Waals surface area contributed by atoms with E-state index in [2.05, 4.69) is 4.98 Å². The second-order valence-corrected chi connectivity index (χ2v) is 5.63. The molecule has 0 saturated carbocycles. The minimum absolute atomic E-state index is 0.0648. The Balaban J connectivity index is 2.23. The first kappa shape index (κ1) is 13.4. The molecule has 1 amide bonds. The van der Waals surface area contributed by atoms with E-state index in [1.54, 1.807) is 0 Å². The lowest BCUT2D eigenvalue weighted by Crippen LogP contribution is -2.27. The highest BCUT2D eigenvalue weighted by molar-refractivity contribution is 7.87. The Morgan fingerprint density at radius 2 is 2.16 bits per heavy atom. The maximum atomic E-state index is 12.8. The number of amides is 1. The Morgan fingerprint density at radius 3 is 2.58 bits per heavy atom. The lowest BCUT2D eigenvalue weighted by molar-refractivity contribution is -0.117. The van der Waals surface area contributed by atoms with Crippen LogP contribution in [-0.4, -0.2) is 42.2 Å². The Bertz CT molecular complexity index is 628. The first-order chi connectivity index (χ1) is 8.79. The van der Waals surface area contributed by atoms with Gasteiger partial charge in [-0.3, -0.25) is 9.69 Å². The topological polar surface area (TPSA) is 105 Å². The predicted octanol–water partition coefficient (Wildman–Crippen LogP) is 0.184. The monoisotopic (exact) mass is 288 g/mol. The molecule has 1 aromatic rings. The van der Waals surface area contributed by atoms with Gasteiger partial charge < -0.3 is 5.11 Å². The summed E-state index contributed by atoms with van der Waals surface area (Å²) < 4.78 is 34.3. The second kappa shape index (κ2) is 4.57. The molecule has 1 aliphatic rings. The minimum Gasteiger partial charge on any atom is -0.478 e. The molecule has 1 aliphatic heterocycles. The number of carbonyl (C=O) groups is 2. The zero-order valence-electron chi connectivity index (χ0n) is 9.48. The van der Waals surface area contributed by atoms with E-state index < -0.39 is 33.8 Å². The molecule has 0 bridgehead atoms. The molecule has 1 fully saturated rings. The molecule has 9 heteroatoms. The molecule has 1 unspecified atom stereocenters. The molecular weight excluding hydrogens is 279 g/mol. The van der Waals surface area contributed by atoms with Gasteiger partial charge in [0.2, 0.25) is 5.91 Å². The minimum atomic E-state index is -4.78. The average Bonchev–Trinajstić information content (AvgIpc) is 2.71. The molecule has 0 aliphatic carbocycles. The Labute approximate surface area is 107 Å². The highest BCUT2D eigenvalue weighted by atomic mass is 32.3. The first-order valence-electron chi connectivity index (χ1n) is 5.22. The first-order valence-corrected chi connectivity index (χ1v) is 6.67. The molecular formula is C10H9FN2O5S. The van der Waals surface area contributed by atoms with Crippen LogP contribution >= 0.6 is 0 Å². The number of carbonyl (C=O) groups excluding carboxylic acids is 1. The van der Waals surface area contributed by atoms with E-state index in [1.807, 2.05) is 0 Å². The number of hydrogen-bond acceptors (Lipinski definition) is 5. The number of carboxylic acids is 1. The van der Waals surface area contributed by atoms with Crippen LogP contribution < -0.4 is 4.90 Å². The number of pyridine rings is 1. The SMILES string of the molecule is O=C(O)c1ccc(N2CC(S(=O)(=O)F)CC2=O)nc1. The van der Waals surface area contributed by atoms with Crippen molar-refractivity contribution < 1.29 is 27.0 Å². The standard InChI is InChI=1S/C10H9FN2O5S/c11-19(17,18)7-3-9(14)13(5-7)8-2-1-6(4-12-8)10(15)16/h1-2,4,7H,3,5H2,(H,15,16). The van der Waals surface area contributed by atoms with Gasteiger partial charge in [0.05, 0.1) is 5.56 Å². The van der Waals surface area contributed by atoms with Crippen LogP contribution in [0.25, 0.3) is 0 Å². The van der Waals surface area contributed by atoms with Gasteiger partial charge >= 0.3 is 16.2 Å². The quantitative estimate of drug-likeness (QED) is 0.796. The van der Waals surface area contributed by atoms with Crippen molar-refractivity contribution in [1.82, 2.24) is 4.98 Å². The summed E-state index contributed by atoms with van der Waals surface area (Å²) in [5.41, 5.74) is -0.0648. The number of aromatic carboxylic acids is 1. The molecule has 2 heterocycles. The number of anilines is 1. The summed E-state index contributed by atoms with van der Waals surface area (Å²) >= 11 is 0. The van der Waals surface area contributed by atoms with Crippen molar-refractivity contribution in [2.75, 3.05) is 11.4 Å². The van der Waals surface area contributed by atoms with E-state index in [1.165, 1.54) is 12.1 Å². The van der Waals surface area contributed by atoms with Crippen molar-refractivity contribution in [3.05, 3.63) is 23.9 Å². The predicted molar refractivity (Wildman–Crippen MR) is 62.0 cm³/mol. The van der Waals surface area contributed by atoms with Crippen molar-refractivity contribution in [3.63, 3.8) is 0 Å². The molecule has 1 N–H and O–H groups in total. The maximum absolute atomic E-state index is 12.8. The van der Waals surface area contributed by atoms with Crippen LogP contribution in [-0.2, 0) is 15.0 Å². The van der Waals surface area contributed by atoms with Crippen LogP contribution in [0.5, 0.6) is 0 Å². The molecule has 1 atom stereocenters. The van der Waals surface area contributed by atoms with Crippen LogP contribution in [0.3, 0.4) is 0 Å². The third kappa shape index (κ3) is 2.70. The van der Waals surface area contributed by atoms with Gasteiger partial charge in [0.15, 0.2) is 0 Å². The van der Waals surface area contributed by atoms with Crippen LogP contribution in [0.15, 0.2) is 18.3 Å². The highest BCUT2D eigenvalue weighted by Gasteiger charge is 2.39. The van der Waals surface area contributed by atoms with Crippen LogP contribution in [0.1, 0.15) is 16.8 Å². The fraction of sp³-hybridized carbons (Fsp3) is 0.300. The second-order valence-electron chi connectivity index (χ2n) is 4.02. The van der Waals surface area contributed by atoms with E-state index in [-0.39, 0.29) is 17.9 Å². The zero-order chi connectivity index (χ0) is 14.2. The summed E-state index contributed by atoms with van der Waals surface area (Å²) in [6.45, 7) is -0.322. The number of carboxylic acid groups (broad SMARTS) is 1. The molecule has 19 heavy (non-hydrogen) atoms. The summed E-state index contributed by atoms with van der Waals surface area (Å²) in [5, 5.41) is 7.29. The van der Waals surface area contributed by atoms with Gasteiger partial charge in [-0.25, -0.2) is 9.78 Å². The van der Waals surface area contributed by atoms with Crippen molar-refractivity contribution in [2.45, 2.75) is 11.7 Å². The third-order valence-corrected chi connectivity index (χ3v) is 3.87. The number of nitrogens with zero attached hydrogens (tertiary/aromatic N) is 2. The van der Waals surface area contributed by atoms with Gasteiger partial charge in [-0.05, 0) is 12.1 Å². The molecule has 102 valence electrons. The van der Waals surface area contributed by atoms with Crippen molar-refractivity contribution in [3.8, 4) is 0 Å². The smallest absolute Gasteiger partial charge is 0.337 e. The number of aromatic nitrogens is 1. The van der Waals surface area contributed by atoms with Gasteiger partial charge in [0, 0.05) is 19.2 Å². The van der Waals surface area contributed by atoms with Crippen LogP contribution in [0.2, 0.25) is 0 Å². The lowest BCUT2D eigenvalue weighted by Gasteiger charge is -2.14. The van der Waals surface area contributed by atoms with E-state index in [0.29, 0.717) is 0 Å². The Hall–Kier alpha value is -2.03. The van der Waals surface area contributed by atoms with E-state index in [9.17, 15) is 21.9 Å². The summed E-state index contributed by atoms with van der Waals surface area (Å²) in [7, 11) is -4.78. The molecule has 1 saturated heterocycles. The summed E-state index contributed by atoms with van der Waals surface area (Å²) in [6, 6.07) is 2.50. The molecule has 0 radical (unpaired) electrons. The zero-order valence-corrected chi connectivity index (χ0v) is 10.3. The fourth-order valence-corrected chi connectivity index (χ4v) is 2.43. The molecule has 0 spiro atoms. The molecule has 7 nitrogen and oxygen atoms in total. The summed E-state index contributed by atoms with van der Waals surface area (Å²) in [5.74, 6) is -1.64. The number of halogens is 1. The Morgan fingerprint density at radius 1 is 1.47 bits per heavy atom. The van der Waals surface area contributed by atoms with Crippen LogP contribution in [0.4, 0.5) is 9.70 Å². The normalized spacial score (nSPS) is 19.7. The Kier molecular flexibility index (Phi) is 3.23. The molecule has 2 rings (SSSR count). The van der Waals surface area contributed by atoms with Gasteiger partial charge in [-0.2, -0.15) is 8.42 Å². The molecule has 0 aromatic carbocycles. The largest absolute Gasteiger partial charge is 0.478 e. The van der Waals surface area contributed by atoms with Crippen LogP contribution in [0, 0.1) is 0 Å². The van der Waals surface area contributed by atoms with E-state index in [4.69, 9.17) is 5.11 Å². The van der Waals surface area contributed by atoms with Crippen molar-refractivity contribution in [1.29, 1.82) is 0 Å².